The van der Waals surface area contributed by atoms with E-state index in [9.17, 15) is 4.79 Å². The Kier molecular flexibility index (Phi) is 8.01. The molecule has 0 N–H and O–H groups in total. The molecule has 7 heteroatoms. The predicted octanol–water partition coefficient (Wildman–Crippen LogP) is 6.00. The number of ketones is 1. The number of ether oxygens (including phenoxy) is 4. The fraction of sp³-hybridized carbons (Fsp3) is 0.400. The second-order valence-electron chi connectivity index (χ2n) is 8.88. The van der Waals surface area contributed by atoms with E-state index in [1.165, 1.54) is 6.08 Å². The average molecular weight is 459 g/mol. The first kappa shape index (κ1) is 25.3. The lowest BCUT2D eigenvalue weighted by Crippen LogP contribution is -2.44. The Bertz CT molecular complexity index is 963. The topological polar surface area (TPSA) is 63.2 Å². The average Bonchev–Trinajstić information content (AvgIpc) is 2.75. The van der Waals surface area contributed by atoms with Crippen molar-refractivity contribution in [2.24, 2.45) is 0 Å². The van der Waals surface area contributed by atoms with Crippen molar-refractivity contribution in [3.05, 3.63) is 47.5 Å². The van der Waals surface area contributed by atoms with Crippen molar-refractivity contribution in [3.8, 4) is 28.7 Å². The fourth-order valence-electron chi connectivity index (χ4n) is 2.80. The van der Waals surface area contributed by atoms with E-state index < -0.39 is 8.32 Å². The smallest absolute Gasteiger partial charge is 0.250 e. The molecule has 0 amide bonds. The third-order valence-electron chi connectivity index (χ3n) is 5.73. The summed E-state index contributed by atoms with van der Waals surface area (Å²) in [5, 5.41) is 0.0183. The number of methoxy groups -OCH3 is 4. The molecule has 0 atom stereocenters. The van der Waals surface area contributed by atoms with Crippen LogP contribution >= 0.6 is 0 Å². The number of carbonyl (C=O) groups is 1. The van der Waals surface area contributed by atoms with E-state index in [2.05, 4.69) is 33.9 Å². The third kappa shape index (κ3) is 5.65. The Hall–Kier alpha value is -2.93. The minimum absolute atomic E-state index is 0.0183. The number of hydrogen-bond acceptors (Lipinski definition) is 6. The van der Waals surface area contributed by atoms with Gasteiger partial charge in [0, 0.05) is 5.56 Å². The van der Waals surface area contributed by atoms with Crippen molar-refractivity contribution < 1.29 is 28.2 Å². The number of rotatable bonds is 9. The first-order chi connectivity index (χ1) is 15.0. The molecule has 6 nitrogen and oxygen atoms in total. The molecule has 0 aliphatic heterocycles. The fourth-order valence-corrected chi connectivity index (χ4v) is 3.82. The molecule has 0 heterocycles. The standard InChI is InChI=1S/C25H34O6Si/c1-25(2,3)32(8,9)31-21-16-18(11-13-20(21)27-4)19(26)12-10-17-14-22(28-5)24(30-7)23(15-17)29-6/h10-16H,1-9H3. The molecule has 2 aromatic rings. The molecule has 0 saturated heterocycles. The maximum absolute atomic E-state index is 12.9. The van der Waals surface area contributed by atoms with Gasteiger partial charge >= 0.3 is 0 Å². The summed E-state index contributed by atoms with van der Waals surface area (Å²) >= 11 is 0. The summed E-state index contributed by atoms with van der Waals surface area (Å²) in [7, 11) is 4.15. The Labute approximate surface area is 192 Å². The normalized spacial score (nSPS) is 11.9. The SMILES string of the molecule is COc1ccc(C(=O)C=Cc2cc(OC)c(OC)c(OC)c2)cc1O[Si](C)(C)C(C)(C)C. The van der Waals surface area contributed by atoms with Crippen molar-refractivity contribution >= 4 is 20.2 Å². The summed E-state index contributed by atoms with van der Waals surface area (Å²) in [5.41, 5.74) is 1.27. The molecular formula is C25H34O6Si. The summed E-state index contributed by atoms with van der Waals surface area (Å²) in [4.78, 5) is 12.9. The van der Waals surface area contributed by atoms with Crippen LogP contribution in [-0.2, 0) is 0 Å². The van der Waals surface area contributed by atoms with E-state index in [-0.39, 0.29) is 10.8 Å². The van der Waals surface area contributed by atoms with Gasteiger partial charge in [-0.3, -0.25) is 4.79 Å². The molecule has 0 aromatic heterocycles. The first-order valence-electron chi connectivity index (χ1n) is 10.4. The Morgan fingerprint density at radius 2 is 1.38 bits per heavy atom. The summed E-state index contributed by atoms with van der Waals surface area (Å²) in [6.45, 7) is 10.8. The van der Waals surface area contributed by atoms with Gasteiger partial charge < -0.3 is 23.4 Å². The van der Waals surface area contributed by atoms with Gasteiger partial charge in [-0.1, -0.05) is 26.8 Å². The van der Waals surface area contributed by atoms with Crippen LogP contribution in [-0.4, -0.2) is 42.5 Å². The minimum atomic E-state index is -2.10. The van der Waals surface area contributed by atoms with Crippen molar-refractivity contribution in [1.29, 1.82) is 0 Å². The van der Waals surface area contributed by atoms with Gasteiger partial charge in [0.1, 0.15) is 5.75 Å². The molecule has 2 rings (SSSR count). The highest BCUT2D eigenvalue weighted by atomic mass is 28.4. The van der Waals surface area contributed by atoms with E-state index in [1.54, 1.807) is 64.8 Å². The summed E-state index contributed by atoms with van der Waals surface area (Å²) in [5.74, 6) is 2.59. The van der Waals surface area contributed by atoms with Crippen LogP contribution in [0, 0.1) is 0 Å². The second kappa shape index (κ2) is 10.1. The van der Waals surface area contributed by atoms with Crippen LogP contribution in [0.5, 0.6) is 28.7 Å². The molecule has 2 aromatic carbocycles. The molecule has 0 radical (unpaired) electrons. The maximum Gasteiger partial charge on any atom is 0.250 e. The lowest BCUT2D eigenvalue weighted by atomic mass is 10.1. The first-order valence-corrected chi connectivity index (χ1v) is 13.3. The van der Waals surface area contributed by atoms with Gasteiger partial charge in [-0.2, -0.15) is 0 Å². The second-order valence-corrected chi connectivity index (χ2v) is 13.6. The van der Waals surface area contributed by atoms with Crippen LogP contribution in [0.1, 0.15) is 36.7 Å². The van der Waals surface area contributed by atoms with Crippen LogP contribution in [0.2, 0.25) is 18.1 Å². The Balaban J connectivity index is 2.35. The van der Waals surface area contributed by atoms with Crippen molar-refractivity contribution in [2.75, 3.05) is 28.4 Å². The molecule has 0 fully saturated rings. The highest BCUT2D eigenvalue weighted by molar-refractivity contribution is 6.74. The van der Waals surface area contributed by atoms with Crippen molar-refractivity contribution in [2.45, 2.75) is 38.9 Å². The molecule has 32 heavy (non-hydrogen) atoms. The van der Waals surface area contributed by atoms with E-state index in [1.807, 2.05) is 0 Å². The van der Waals surface area contributed by atoms with Crippen molar-refractivity contribution in [3.63, 3.8) is 0 Å². The van der Waals surface area contributed by atoms with E-state index in [0.717, 1.165) is 5.56 Å². The molecule has 0 unspecified atom stereocenters. The molecule has 0 bridgehead atoms. The quantitative estimate of drug-likeness (QED) is 0.261. The number of carbonyl (C=O) groups excluding carboxylic acids is 1. The summed E-state index contributed by atoms with van der Waals surface area (Å²) in [6.07, 6.45) is 3.23. The highest BCUT2D eigenvalue weighted by Crippen LogP contribution is 2.41. The zero-order valence-electron chi connectivity index (χ0n) is 20.5. The lowest BCUT2D eigenvalue weighted by Gasteiger charge is -2.36. The van der Waals surface area contributed by atoms with Gasteiger partial charge in [0.15, 0.2) is 23.0 Å². The molecule has 0 aliphatic rings. The zero-order chi connectivity index (χ0) is 24.1. The molecular weight excluding hydrogens is 424 g/mol. The van der Waals surface area contributed by atoms with E-state index in [0.29, 0.717) is 34.3 Å². The van der Waals surface area contributed by atoms with E-state index >= 15 is 0 Å². The highest BCUT2D eigenvalue weighted by Gasteiger charge is 2.39. The van der Waals surface area contributed by atoms with Crippen LogP contribution < -0.4 is 23.4 Å². The zero-order valence-corrected chi connectivity index (χ0v) is 21.5. The molecule has 0 aliphatic carbocycles. The lowest BCUT2D eigenvalue weighted by molar-refractivity contribution is 0.104. The summed E-state index contributed by atoms with van der Waals surface area (Å²) < 4.78 is 28.0. The number of hydrogen-bond donors (Lipinski definition) is 0. The summed E-state index contributed by atoms with van der Waals surface area (Å²) in [6, 6.07) is 8.82. The van der Waals surface area contributed by atoms with Crippen LogP contribution in [0.25, 0.3) is 6.08 Å². The Morgan fingerprint density at radius 1 is 0.812 bits per heavy atom. The van der Waals surface area contributed by atoms with Gasteiger partial charge in [-0.15, -0.1) is 0 Å². The number of allylic oxidation sites excluding steroid dienone is 1. The van der Waals surface area contributed by atoms with Gasteiger partial charge in [-0.25, -0.2) is 0 Å². The van der Waals surface area contributed by atoms with Crippen molar-refractivity contribution in [1.82, 2.24) is 0 Å². The molecule has 0 spiro atoms. The largest absolute Gasteiger partial charge is 0.541 e. The minimum Gasteiger partial charge on any atom is -0.541 e. The van der Waals surface area contributed by atoms with Crippen LogP contribution in [0.3, 0.4) is 0 Å². The van der Waals surface area contributed by atoms with E-state index in [4.69, 9.17) is 23.4 Å². The molecule has 174 valence electrons. The van der Waals surface area contributed by atoms with Crippen LogP contribution in [0.15, 0.2) is 36.4 Å². The molecule has 0 saturated carbocycles. The Morgan fingerprint density at radius 3 is 1.84 bits per heavy atom. The van der Waals surface area contributed by atoms with Gasteiger partial charge in [0.25, 0.3) is 8.32 Å². The number of benzene rings is 2. The van der Waals surface area contributed by atoms with Gasteiger partial charge in [0.05, 0.1) is 28.4 Å². The van der Waals surface area contributed by atoms with Crippen LogP contribution in [0.4, 0.5) is 0 Å². The van der Waals surface area contributed by atoms with Gasteiger partial charge in [-0.05, 0) is 60.1 Å². The van der Waals surface area contributed by atoms with Gasteiger partial charge in [0.2, 0.25) is 5.75 Å². The monoisotopic (exact) mass is 458 g/mol. The maximum atomic E-state index is 12.9. The third-order valence-corrected chi connectivity index (χ3v) is 10.1. The predicted molar refractivity (Wildman–Crippen MR) is 130 cm³/mol.